The predicted octanol–water partition coefficient (Wildman–Crippen LogP) is 1.80. The standard InChI is InChI=1S/C14H18N2O3S/c1-9-4-2-6-11(9)19-12-7-3-5-10-8-20(17,18)16-14(15)13(10)12/h3,5,7,9,11H,2,4,6,8H2,1H3,(H2,15,16). The third-order valence-electron chi connectivity index (χ3n) is 4.01. The van der Waals surface area contributed by atoms with E-state index >= 15 is 0 Å². The maximum Gasteiger partial charge on any atom is 0.259 e. The summed E-state index contributed by atoms with van der Waals surface area (Å²) in [5.41, 5.74) is 7.13. The minimum absolute atomic E-state index is 0.0347. The normalized spacial score (nSPS) is 27.8. The molecule has 2 N–H and O–H groups in total. The van der Waals surface area contributed by atoms with Crippen LogP contribution in [0.2, 0.25) is 0 Å². The molecule has 1 saturated carbocycles. The van der Waals surface area contributed by atoms with E-state index in [1.807, 2.05) is 12.1 Å². The lowest BCUT2D eigenvalue weighted by atomic mass is 10.1. The second-order valence-electron chi connectivity index (χ2n) is 5.56. The fourth-order valence-electron chi connectivity index (χ4n) is 2.96. The van der Waals surface area contributed by atoms with E-state index in [2.05, 4.69) is 11.3 Å². The minimum atomic E-state index is -3.49. The maximum atomic E-state index is 11.6. The quantitative estimate of drug-likeness (QED) is 0.901. The van der Waals surface area contributed by atoms with Crippen molar-refractivity contribution in [2.75, 3.05) is 0 Å². The molecule has 6 heteroatoms. The Labute approximate surface area is 118 Å². The monoisotopic (exact) mass is 294 g/mol. The Bertz CT molecular complexity index is 667. The number of hydrogen-bond acceptors (Lipinski definition) is 4. The van der Waals surface area contributed by atoms with Crippen molar-refractivity contribution in [2.45, 2.75) is 38.0 Å². The van der Waals surface area contributed by atoms with Gasteiger partial charge in [-0.15, -0.1) is 4.40 Å². The van der Waals surface area contributed by atoms with Crippen molar-refractivity contribution < 1.29 is 13.2 Å². The van der Waals surface area contributed by atoms with Crippen LogP contribution >= 0.6 is 0 Å². The van der Waals surface area contributed by atoms with Gasteiger partial charge in [0.05, 0.1) is 11.3 Å². The lowest BCUT2D eigenvalue weighted by Gasteiger charge is -2.23. The molecule has 1 heterocycles. The number of fused-ring (bicyclic) bond motifs is 1. The number of nitrogens with two attached hydrogens (primary N) is 1. The Balaban J connectivity index is 1.98. The Hall–Kier alpha value is -1.56. The average Bonchev–Trinajstić information content (AvgIpc) is 2.73. The highest BCUT2D eigenvalue weighted by molar-refractivity contribution is 7.89. The van der Waals surface area contributed by atoms with E-state index in [1.165, 1.54) is 6.42 Å². The van der Waals surface area contributed by atoms with Gasteiger partial charge < -0.3 is 10.5 Å². The molecule has 1 aromatic rings. The van der Waals surface area contributed by atoms with E-state index in [-0.39, 0.29) is 17.7 Å². The second kappa shape index (κ2) is 4.77. The highest BCUT2D eigenvalue weighted by atomic mass is 32.2. The van der Waals surface area contributed by atoms with Crippen LogP contribution in [0, 0.1) is 5.92 Å². The van der Waals surface area contributed by atoms with Crippen molar-refractivity contribution in [3.8, 4) is 5.75 Å². The number of hydrogen-bond donors (Lipinski definition) is 1. The molecule has 0 saturated heterocycles. The van der Waals surface area contributed by atoms with Gasteiger partial charge >= 0.3 is 0 Å². The highest BCUT2D eigenvalue weighted by Gasteiger charge is 2.29. The first kappa shape index (κ1) is 13.4. The number of ether oxygens (including phenoxy) is 1. The molecule has 5 nitrogen and oxygen atoms in total. The summed E-state index contributed by atoms with van der Waals surface area (Å²) in [7, 11) is -3.49. The van der Waals surface area contributed by atoms with Crippen molar-refractivity contribution in [2.24, 2.45) is 16.0 Å². The number of amidine groups is 1. The van der Waals surface area contributed by atoms with Crippen LogP contribution in [0.5, 0.6) is 5.75 Å². The molecule has 0 bridgehead atoms. The maximum absolute atomic E-state index is 11.6. The largest absolute Gasteiger partial charge is 0.489 e. The predicted molar refractivity (Wildman–Crippen MR) is 77.2 cm³/mol. The second-order valence-corrected chi connectivity index (χ2v) is 7.19. The Morgan fingerprint density at radius 1 is 1.35 bits per heavy atom. The number of nitrogens with zero attached hydrogens (tertiary/aromatic N) is 1. The van der Waals surface area contributed by atoms with Gasteiger partial charge in [0, 0.05) is 0 Å². The van der Waals surface area contributed by atoms with E-state index < -0.39 is 10.0 Å². The Morgan fingerprint density at radius 3 is 2.85 bits per heavy atom. The fourth-order valence-corrected chi connectivity index (χ4v) is 4.05. The smallest absolute Gasteiger partial charge is 0.259 e. The summed E-state index contributed by atoms with van der Waals surface area (Å²) in [5.74, 6) is 1.08. The zero-order valence-corrected chi connectivity index (χ0v) is 12.2. The van der Waals surface area contributed by atoms with Crippen molar-refractivity contribution in [3.05, 3.63) is 29.3 Å². The van der Waals surface area contributed by atoms with Gasteiger partial charge in [0.2, 0.25) is 0 Å². The fraction of sp³-hybridized carbons (Fsp3) is 0.500. The number of sulfonamides is 1. The zero-order chi connectivity index (χ0) is 14.3. The van der Waals surface area contributed by atoms with E-state index in [4.69, 9.17) is 10.5 Å². The Kier molecular flexibility index (Phi) is 3.20. The SMILES string of the molecule is CC1CCCC1Oc1cccc2c1C(N)=NS(=O)(=O)C2. The minimum Gasteiger partial charge on any atom is -0.489 e. The first-order valence-electron chi connectivity index (χ1n) is 6.83. The molecular weight excluding hydrogens is 276 g/mol. The van der Waals surface area contributed by atoms with Gasteiger partial charge in [0.1, 0.15) is 17.7 Å². The van der Waals surface area contributed by atoms with Crippen LogP contribution in [-0.2, 0) is 15.8 Å². The van der Waals surface area contributed by atoms with Crippen LogP contribution < -0.4 is 10.5 Å². The number of rotatable bonds is 2. The molecule has 1 aliphatic carbocycles. The van der Waals surface area contributed by atoms with Crippen LogP contribution in [0.15, 0.2) is 22.6 Å². The van der Waals surface area contributed by atoms with Crippen LogP contribution in [-0.4, -0.2) is 20.4 Å². The van der Waals surface area contributed by atoms with E-state index in [9.17, 15) is 8.42 Å². The summed E-state index contributed by atoms with van der Waals surface area (Å²) in [4.78, 5) is 0. The van der Waals surface area contributed by atoms with Gasteiger partial charge in [-0.05, 0) is 36.8 Å². The first-order valence-corrected chi connectivity index (χ1v) is 8.44. The summed E-state index contributed by atoms with van der Waals surface area (Å²) in [5, 5.41) is 0. The van der Waals surface area contributed by atoms with Gasteiger partial charge in [-0.1, -0.05) is 19.1 Å². The molecule has 3 rings (SSSR count). The van der Waals surface area contributed by atoms with Crippen molar-refractivity contribution in [3.63, 3.8) is 0 Å². The van der Waals surface area contributed by atoms with Crippen molar-refractivity contribution >= 4 is 15.9 Å². The summed E-state index contributed by atoms with van der Waals surface area (Å²) in [6, 6.07) is 5.41. The van der Waals surface area contributed by atoms with Gasteiger partial charge in [0.25, 0.3) is 10.0 Å². The summed E-state index contributed by atoms with van der Waals surface area (Å²) >= 11 is 0. The molecule has 0 amide bonds. The highest BCUT2D eigenvalue weighted by Crippen LogP contribution is 2.33. The lowest BCUT2D eigenvalue weighted by molar-refractivity contribution is 0.167. The van der Waals surface area contributed by atoms with Gasteiger partial charge in [-0.25, -0.2) is 8.42 Å². The van der Waals surface area contributed by atoms with Gasteiger partial charge in [-0.2, -0.15) is 0 Å². The third-order valence-corrected chi connectivity index (χ3v) is 5.16. The molecule has 108 valence electrons. The molecule has 2 aliphatic rings. The molecule has 1 aliphatic heterocycles. The molecule has 1 aromatic carbocycles. The summed E-state index contributed by atoms with van der Waals surface area (Å²) in [6.07, 6.45) is 3.53. The molecule has 20 heavy (non-hydrogen) atoms. The third kappa shape index (κ3) is 2.40. The van der Waals surface area contributed by atoms with Gasteiger partial charge in [-0.3, -0.25) is 0 Å². The molecule has 2 unspecified atom stereocenters. The topological polar surface area (TPSA) is 81.8 Å². The van der Waals surface area contributed by atoms with Crippen LogP contribution in [0.3, 0.4) is 0 Å². The van der Waals surface area contributed by atoms with E-state index in [0.29, 0.717) is 22.8 Å². The van der Waals surface area contributed by atoms with Crippen LogP contribution in [0.25, 0.3) is 0 Å². The molecule has 0 radical (unpaired) electrons. The molecular formula is C14H18N2O3S. The summed E-state index contributed by atoms with van der Waals surface area (Å²) in [6.45, 7) is 2.18. The van der Waals surface area contributed by atoms with E-state index in [0.717, 1.165) is 12.8 Å². The first-order chi connectivity index (χ1) is 9.46. The van der Waals surface area contributed by atoms with E-state index in [1.54, 1.807) is 6.07 Å². The van der Waals surface area contributed by atoms with Crippen molar-refractivity contribution in [1.29, 1.82) is 0 Å². The van der Waals surface area contributed by atoms with Gasteiger partial charge in [0.15, 0.2) is 0 Å². The van der Waals surface area contributed by atoms with Crippen LogP contribution in [0.4, 0.5) is 0 Å². The molecule has 2 atom stereocenters. The summed E-state index contributed by atoms with van der Waals surface area (Å²) < 4.78 is 32.9. The number of benzene rings is 1. The average molecular weight is 294 g/mol. The lowest BCUT2D eigenvalue weighted by Crippen LogP contribution is -2.27. The van der Waals surface area contributed by atoms with Crippen LogP contribution in [0.1, 0.15) is 37.3 Å². The molecule has 0 spiro atoms. The Morgan fingerprint density at radius 2 is 2.15 bits per heavy atom. The molecule has 0 aromatic heterocycles. The zero-order valence-electron chi connectivity index (χ0n) is 11.4. The van der Waals surface area contributed by atoms with Crippen molar-refractivity contribution in [1.82, 2.24) is 0 Å². The molecule has 1 fully saturated rings.